The van der Waals surface area contributed by atoms with Crippen LogP contribution in [0.2, 0.25) is 0 Å². The van der Waals surface area contributed by atoms with Gasteiger partial charge in [-0.2, -0.15) is 5.10 Å². The fourth-order valence-electron chi connectivity index (χ4n) is 3.06. The molecule has 0 atom stereocenters. The van der Waals surface area contributed by atoms with Crippen molar-refractivity contribution in [2.75, 3.05) is 0 Å². The van der Waals surface area contributed by atoms with Crippen molar-refractivity contribution in [2.24, 2.45) is 5.92 Å². The maximum absolute atomic E-state index is 4.40. The second kappa shape index (κ2) is 8.04. The van der Waals surface area contributed by atoms with Crippen LogP contribution in [-0.4, -0.2) is 10.2 Å². The van der Waals surface area contributed by atoms with Crippen molar-refractivity contribution < 1.29 is 0 Å². The zero-order valence-electron chi connectivity index (χ0n) is 12.9. The summed E-state index contributed by atoms with van der Waals surface area (Å²) in [5, 5.41) is 8.66. The van der Waals surface area contributed by atoms with Crippen molar-refractivity contribution >= 4 is 0 Å². The number of nitrogens with zero attached hydrogens (tertiary/aromatic N) is 2. The summed E-state index contributed by atoms with van der Waals surface area (Å²) in [4.78, 5) is 0. The molecule has 0 aliphatic heterocycles. The monoisotopic (exact) mass is 270 g/mol. The fraction of sp³-hybridized carbons (Fsp3) is 0.667. The topological polar surface area (TPSA) is 25.8 Å². The molecule has 2 nitrogen and oxygen atoms in total. The van der Waals surface area contributed by atoms with Gasteiger partial charge in [-0.3, -0.25) is 0 Å². The molecule has 0 amide bonds. The molecule has 0 radical (unpaired) electrons. The maximum Gasteiger partial charge on any atom is 0.135 e. The first kappa shape index (κ1) is 15.0. The highest BCUT2D eigenvalue weighted by Crippen LogP contribution is 2.36. The Morgan fingerprint density at radius 1 is 1.05 bits per heavy atom. The van der Waals surface area contributed by atoms with Gasteiger partial charge in [0.25, 0.3) is 0 Å². The van der Waals surface area contributed by atoms with E-state index in [2.05, 4.69) is 42.0 Å². The second-order valence-corrected chi connectivity index (χ2v) is 5.90. The van der Waals surface area contributed by atoms with E-state index in [1.165, 1.54) is 44.2 Å². The Labute approximate surface area is 123 Å². The van der Waals surface area contributed by atoms with E-state index >= 15 is 0 Å². The molecule has 1 saturated carbocycles. The minimum atomic E-state index is 0.619. The van der Waals surface area contributed by atoms with E-state index in [4.69, 9.17) is 0 Å². The van der Waals surface area contributed by atoms with Gasteiger partial charge >= 0.3 is 0 Å². The van der Waals surface area contributed by atoms with Gasteiger partial charge in [0, 0.05) is 12.3 Å². The molecular weight excluding hydrogens is 244 g/mol. The Hall–Kier alpha value is -1.36. The van der Waals surface area contributed by atoms with Crippen molar-refractivity contribution in [1.29, 1.82) is 0 Å². The summed E-state index contributed by atoms with van der Waals surface area (Å²) in [6.07, 6.45) is 10.0. The minimum Gasteiger partial charge on any atom is -0.154 e. The first-order valence-electron chi connectivity index (χ1n) is 8.16. The predicted octanol–water partition coefficient (Wildman–Crippen LogP) is 4.70. The van der Waals surface area contributed by atoms with Gasteiger partial charge in [0.2, 0.25) is 0 Å². The van der Waals surface area contributed by atoms with Gasteiger partial charge < -0.3 is 0 Å². The Morgan fingerprint density at radius 2 is 1.85 bits per heavy atom. The Morgan fingerprint density at radius 3 is 2.45 bits per heavy atom. The van der Waals surface area contributed by atoms with Gasteiger partial charge in [-0.15, -0.1) is 5.10 Å². The summed E-state index contributed by atoms with van der Waals surface area (Å²) in [5.74, 6) is 7.76. The zero-order valence-corrected chi connectivity index (χ0v) is 12.9. The van der Waals surface area contributed by atoms with Crippen LogP contribution in [0, 0.1) is 17.8 Å². The molecule has 20 heavy (non-hydrogen) atoms. The third-order valence-electron chi connectivity index (χ3n) is 4.24. The molecule has 1 aromatic rings. The van der Waals surface area contributed by atoms with Crippen molar-refractivity contribution in [3.8, 4) is 11.8 Å². The molecule has 2 rings (SSSR count). The molecule has 0 unspecified atom stereocenters. The van der Waals surface area contributed by atoms with Gasteiger partial charge in [0.05, 0.1) is 5.69 Å². The van der Waals surface area contributed by atoms with Crippen molar-refractivity contribution in [3.63, 3.8) is 0 Å². The first-order chi connectivity index (χ1) is 9.83. The number of rotatable bonds is 4. The van der Waals surface area contributed by atoms with E-state index in [1.807, 2.05) is 6.07 Å². The van der Waals surface area contributed by atoms with Crippen LogP contribution in [0.1, 0.15) is 82.5 Å². The van der Waals surface area contributed by atoms with Crippen LogP contribution in [0.4, 0.5) is 0 Å². The van der Waals surface area contributed by atoms with E-state index in [1.54, 1.807) is 0 Å². The average Bonchev–Trinajstić information content (AvgIpc) is 2.49. The lowest BCUT2D eigenvalue weighted by Crippen LogP contribution is -2.14. The smallest absolute Gasteiger partial charge is 0.135 e. The first-order valence-corrected chi connectivity index (χ1v) is 8.16. The average molecular weight is 270 g/mol. The Balaban J connectivity index is 1.89. The van der Waals surface area contributed by atoms with Crippen LogP contribution in [-0.2, 0) is 0 Å². The van der Waals surface area contributed by atoms with E-state index in [0.29, 0.717) is 5.92 Å². The lowest BCUT2D eigenvalue weighted by atomic mass is 9.79. The molecule has 2 heteroatoms. The normalized spacial score (nSPS) is 22.1. The van der Waals surface area contributed by atoms with Crippen LogP contribution >= 0.6 is 0 Å². The third kappa shape index (κ3) is 4.34. The van der Waals surface area contributed by atoms with E-state index in [9.17, 15) is 0 Å². The third-order valence-corrected chi connectivity index (χ3v) is 4.24. The lowest BCUT2D eigenvalue weighted by Gasteiger charge is -2.27. The lowest BCUT2D eigenvalue weighted by molar-refractivity contribution is 0.304. The van der Waals surface area contributed by atoms with Gasteiger partial charge in [-0.1, -0.05) is 32.6 Å². The number of hydrogen-bond acceptors (Lipinski definition) is 2. The van der Waals surface area contributed by atoms with Gasteiger partial charge in [-0.05, 0) is 56.1 Å². The van der Waals surface area contributed by atoms with E-state index in [0.717, 1.165) is 24.5 Å². The highest BCUT2D eigenvalue weighted by molar-refractivity contribution is 5.27. The molecule has 0 bridgehead atoms. The molecular formula is C18H26N2. The SMILES string of the molecule is CCCC#Cc1ccc(C2CCC(CCC)CC2)nn1. The summed E-state index contributed by atoms with van der Waals surface area (Å²) >= 11 is 0. The summed E-state index contributed by atoms with van der Waals surface area (Å²) in [7, 11) is 0. The van der Waals surface area contributed by atoms with Crippen LogP contribution in [0.3, 0.4) is 0 Å². The van der Waals surface area contributed by atoms with Crippen molar-refractivity contribution in [1.82, 2.24) is 10.2 Å². The van der Waals surface area contributed by atoms with Gasteiger partial charge in [0.15, 0.2) is 0 Å². The molecule has 1 aromatic heterocycles. The number of aromatic nitrogens is 2. The Kier molecular flexibility index (Phi) is 6.05. The predicted molar refractivity (Wildman–Crippen MR) is 83.4 cm³/mol. The van der Waals surface area contributed by atoms with E-state index < -0.39 is 0 Å². The second-order valence-electron chi connectivity index (χ2n) is 5.90. The molecule has 1 fully saturated rings. The Bertz CT molecular complexity index is 445. The number of unbranched alkanes of at least 4 members (excludes halogenated alkanes) is 1. The maximum atomic E-state index is 4.40. The van der Waals surface area contributed by atoms with Gasteiger partial charge in [-0.25, -0.2) is 0 Å². The quantitative estimate of drug-likeness (QED) is 0.741. The molecule has 1 aliphatic rings. The van der Waals surface area contributed by atoms with Crippen LogP contribution in [0.25, 0.3) is 0 Å². The van der Waals surface area contributed by atoms with Crippen LogP contribution in [0.5, 0.6) is 0 Å². The fourth-order valence-corrected chi connectivity index (χ4v) is 3.06. The largest absolute Gasteiger partial charge is 0.154 e. The molecule has 0 N–H and O–H groups in total. The summed E-state index contributed by atoms with van der Waals surface area (Å²) in [6.45, 7) is 4.42. The molecule has 0 aromatic carbocycles. The highest BCUT2D eigenvalue weighted by atomic mass is 15.1. The van der Waals surface area contributed by atoms with Crippen LogP contribution < -0.4 is 0 Å². The minimum absolute atomic E-state index is 0.619. The van der Waals surface area contributed by atoms with Crippen LogP contribution in [0.15, 0.2) is 12.1 Å². The van der Waals surface area contributed by atoms with E-state index in [-0.39, 0.29) is 0 Å². The summed E-state index contributed by atoms with van der Waals surface area (Å²) in [6, 6.07) is 4.16. The summed E-state index contributed by atoms with van der Waals surface area (Å²) < 4.78 is 0. The molecule has 108 valence electrons. The molecule has 1 heterocycles. The van der Waals surface area contributed by atoms with Crippen molar-refractivity contribution in [3.05, 3.63) is 23.5 Å². The molecule has 0 spiro atoms. The van der Waals surface area contributed by atoms with Gasteiger partial charge in [0.1, 0.15) is 5.69 Å². The molecule has 1 aliphatic carbocycles. The van der Waals surface area contributed by atoms with Crippen molar-refractivity contribution in [2.45, 2.75) is 71.1 Å². The zero-order chi connectivity index (χ0) is 14.2. The standard InChI is InChI=1S/C18H26N2/c1-3-5-6-8-17-13-14-18(20-19-17)16-11-9-15(7-4-2)10-12-16/h13-16H,3-5,7,9-12H2,1-2H3. The highest BCUT2D eigenvalue weighted by Gasteiger charge is 2.22. The molecule has 0 saturated heterocycles. The summed E-state index contributed by atoms with van der Waals surface area (Å²) in [5.41, 5.74) is 1.97. The number of hydrogen-bond donors (Lipinski definition) is 0.